The van der Waals surface area contributed by atoms with Crippen LogP contribution in [0.5, 0.6) is 0 Å². The van der Waals surface area contributed by atoms with E-state index >= 15 is 0 Å². The number of carbonyl (C=O) groups excluding carboxylic acids is 1. The summed E-state index contributed by atoms with van der Waals surface area (Å²) in [6.07, 6.45) is 0.641. The van der Waals surface area contributed by atoms with E-state index in [4.69, 9.17) is 18.9 Å². The summed E-state index contributed by atoms with van der Waals surface area (Å²) in [5, 5.41) is 0. The van der Waals surface area contributed by atoms with Crippen molar-refractivity contribution < 1.29 is 23.7 Å². The van der Waals surface area contributed by atoms with Crippen molar-refractivity contribution in [3.05, 3.63) is 12.3 Å². The number of hydrogen-bond acceptors (Lipinski definition) is 5. The highest BCUT2D eigenvalue weighted by molar-refractivity contribution is 5.76. The molecule has 0 heterocycles. The van der Waals surface area contributed by atoms with Gasteiger partial charge in [-0.25, -0.2) is 0 Å². The topological polar surface area (TPSA) is 54.0 Å². The fraction of sp³-hybridized carbons (Fsp3) is 0.750. The Morgan fingerprint density at radius 1 is 1.29 bits per heavy atom. The zero-order valence-corrected chi connectivity index (χ0v) is 11.1. The van der Waals surface area contributed by atoms with Crippen molar-refractivity contribution in [2.45, 2.75) is 27.2 Å². The Hall–Kier alpha value is -1.07. The Morgan fingerprint density at radius 2 is 1.94 bits per heavy atom. The second kappa shape index (κ2) is 8.08. The molecule has 0 N–H and O–H groups in total. The highest BCUT2D eigenvalue weighted by atomic mass is 16.7. The van der Waals surface area contributed by atoms with Gasteiger partial charge in [-0.15, -0.1) is 0 Å². The van der Waals surface area contributed by atoms with Gasteiger partial charge < -0.3 is 18.9 Å². The Kier molecular flexibility index (Phi) is 7.58. The van der Waals surface area contributed by atoms with Crippen molar-refractivity contribution in [2.24, 2.45) is 5.41 Å². The molecule has 0 amide bonds. The minimum Gasteiger partial charge on any atom is -0.473 e. The van der Waals surface area contributed by atoms with Gasteiger partial charge in [0.05, 0.1) is 24.9 Å². The third-order valence-electron chi connectivity index (χ3n) is 2.43. The molecule has 5 heteroatoms. The van der Waals surface area contributed by atoms with Crippen LogP contribution in [0.4, 0.5) is 0 Å². The van der Waals surface area contributed by atoms with E-state index in [1.165, 1.54) is 7.11 Å². The van der Waals surface area contributed by atoms with Gasteiger partial charge in [0.25, 0.3) is 0 Å². The van der Waals surface area contributed by atoms with E-state index in [2.05, 4.69) is 6.58 Å². The van der Waals surface area contributed by atoms with Gasteiger partial charge in [-0.05, 0) is 20.3 Å². The maximum atomic E-state index is 11.5. The molecule has 0 aromatic rings. The first-order valence-electron chi connectivity index (χ1n) is 5.48. The summed E-state index contributed by atoms with van der Waals surface area (Å²) in [5.74, 6) is 0.302. The quantitative estimate of drug-likeness (QED) is 0.270. The van der Waals surface area contributed by atoms with Gasteiger partial charge >= 0.3 is 5.97 Å². The Morgan fingerprint density at radius 3 is 2.41 bits per heavy atom. The van der Waals surface area contributed by atoms with Crippen LogP contribution in [0.2, 0.25) is 0 Å². The molecule has 0 rings (SSSR count). The SMILES string of the molecule is C=C(C)OCOCOCC(C)(CC)C(=O)OC. The normalized spacial score (nSPS) is 13.9. The van der Waals surface area contributed by atoms with E-state index in [1.54, 1.807) is 13.8 Å². The number of rotatable bonds is 9. The zero-order chi connectivity index (χ0) is 13.3. The second-order valence-corrected chi connectivity index (χ2v) is 4.04. The van der Waals surface area contributed by atoms with Crippen LogP contribution in [-0.4, -0.2) is 33.3 Å². The van der Waals surface area contributed by atoms with Crippen molar-refractivity contribution in [1.29, 1.82) is 0 Å². The zero-order valence-electron chi connectivity index (χ0n) is 11.1. The fourth-order valence-corrected chi connectivity index (χ4v) is 1.05. The van der Waals surface area contributed by atoms with Gasteiger partial charge in [-0.1, -0.05) is 13.5 Å². The summed E-state index contributed by atoms with van der Waals surface area (Å²) in [7, 11) is 1.37. The summed E-state index contributed by atoms with van der Waals surface area (Å²) in [5.41, 5.74) is -0.632. The molecule has 0 aromatic heterocycles. The van der Waals surface area contributed by atoms with E-state index in [9.17, 15) is 4.79 Å². The first-order valence-corrected chi connectivity index (χ1v) is 5.48. The minimum absolute atomic E-state index is 0.0693. The lowest BCUT2D eigenvalue weighted by Crippen LogP contribution is -2.33. The standard InChI is InChI=1S/C12H22O5/c1-6-12(4,11(13)14-5)7-15-8-16-9-17-10(2)3/h2,6-9H2,1,3-5H3. The summed E-state index contributed by atoms with van der Waals surface area (Å²) in [6, 6.07) is 0. The third kappa shape index (κ3) is 6.28. The molecule has 0 aliphatic rings. The molecule has 0 aromatic carbocycles. The number of allylic oxidation sites excluding steroid dienone is 1. The predicted octanol–water partition coefficient (Wildman–Crippen LogP) is 2.07. The predicted molar refractivity (Wildman–Crippen MR) is 63.1 cm³/mol. The average molecular weight is 246 g/mol. The van der Waals surface area contributed by atoms with Crippen molar-refractivity contribution in [3.8, 4) is 0 Å². The molecular weight excluding hydrogens is 224 g/mol. The number of methoxy groups -OCH3 is 1. The molecule has 0 bridgehead atoms. The molecule has 1 unspecified atom stereocenters. The van der Waals surface area contributed by atoms with E-state index < -0.39 is 5.41 Å². The summed E-state index contributed by atoms with van der Waals surface area (Å²) in [6.45, 7) is 9.41. The number of hydrogen-bond donors (Lipinski definition) is 0. The van der Waals surface area contributed by atoms with Crippen LogP contribution in [0.1, 0.15) is 27.2 Å². The van der Waals surface area contributed by atoms with Crippen molar-refractivity contribution in [3.63, 3.8) is 0 Å². The molecule has 0 aliphatic heterocycles. The summed E-state index contributed by atoms with van der Waals surface area (Å²) < 4.78 is 20.0. The summed E-state index contributed by atoms with van der Waals surface area (Å²) >= 11 is 0. The molecule has 0 spiro atoms. The fourth-order valence-electron chi connectivity index (χ4n) is 1.05. The first kappa shape index (κ1) is 15.9. The maximum Gasteiger partial charge on any atom is 0.313 e. The first-order chi connectivity index (χ1) is 7.96. The lowest BCUT2D eigenvalue weighted by molar-refractivity contribution is -0.164. The van der Waals surface area contributed by atoms with Gasteiger partial charge in [0, 0.05) is 0 Å². The average Bonchev–Trinajstić information content (AvgIpc) is 2.31. The largest absolute Gasteiger partial charge is 0.473 e. The van der Waals surface area contributed by atoms with Crippen LogP contribution >= 0.6 is 0 Å². The maximum absolute atomic E-state index is 11.5. The van der Waals surface area contributed by atoms with Gasteiger partial charge in [-0.2, -0.15) is 0 Å². The number of esters is 1. The van der Waals surface area contributed by atoms with E-state index in [0.717, 1.165) is 0 Å². The molecule has 17 heavy (non-hydrogen) atoms. The molecule has 1 atom stereocenters. The summed E-state index contributed by atoms with van der Waals surface area (Å²) in [4.78, 5) is 11.5. The Balaban J connectivity index is 3.77. The molecule has 0 saturated heterocycles. The van der Waals surface area contributed by atoms with Crippen LogP contribution in [-0.2, 0) is 23.7 Å². The van der Waals surface area contributed by atoms with Crippen LogP contribution in [0, 0.1) is 5.41 Å². The lowest BCUT2D eigenvalue weighted by atomic mass is 9.89. The second-order valence-electron chi connectivity index (χ2n) is 4.04. The minimum atomic E-state index is -0.632. The third-order valence-corrected chi connectivity index (χ3v) is 2.43. The molecular formula is C12H22O5. The molecule has 0 radical (unpaired) electrons. The van der Waals surface area contributed by atoms with Gasteiger partial charge in [-0.3, -0.25) is 4.79 Å². The number of carbonyl (C=O) groups is 1. The lowest BCUT2D eigenvalue weighted by Gasteiger charge is -2.24. The Labute approximate surface area is 103 Å². The van der Waals surface area contributed by atoms with Crippen LogP contribution < -0.4 is 0 Å². The van der Waals surface area contributed by atoms with Crippen LogP contribution in [0.3, 0.4) is 0 Å². The molecule has 0 aliphatic carbocycles. The van der Waals surface area contributed by atoms with Crippen molar-refractivity contribution >= 4 is 5.97 Å². The van der Waals surface area contributed by atoms with Crippen molar-refractivity contribution in [1.82, 2.24) is 0 Å². The van der Waals surface area contributed by atoms with Gasteiger partial charge in [0.1, 0.15) is 0 Å². The molecule has 100 valence electrons. The molecule has 0 saturated carbocycles. The highest BCUT2D eigenvalue weighted by Gasteiger charge is 2.32. The monoisotopic (exact) mass is 246 g/mol. The highest BCUT2D eigenvalue weighted by Crippen LogP contribution is 2.23. The van der Waals surface area contributed by atoms with Crippen LogP contribution in [0.25, 0.3) is 0 Å². The van der Waals surface area contributed by atoms with Crippen LogP contribution in [0.15, 0.2) is 12.3 Å². The smallest absolute Gasteiger partial charge is 0.313 e. The van der Waals surface area contributed by atoms with E-state index in [1.807, 2.05) is 6.92 Å². The van der Waals surface area contributed by atoms with Gasteiger partial charge in [0.15, 0.2) is 13.6 Å². The molecule has 0 fully saturated rings. The Bertz CT molecular complexity index is 251. The van der Waals surface area contributed by atoms with Crippen molar-refractivity contribution in [2.75, 3.05) is 27.3 Å². The number of ether oxygens (including phenoxy) is 4. The van der Waals surface area contributed by atoms with Gasteiger partial charge in [0.2, 0.25) is 0 Å². The van der Waals surface area contributed by atoms with E-state index in [0.29, 0.717) is 12.2 Å². The molecule has 5 nitrogen and oxygen atoms in total. The van der Waals surface area contributed by atoms with E-state index in [-0.39, 0.29) is 26.2 Å².